The van der Waals surface area contributed by atoms with Crippen molar-refractivity contribution in [3.05, 3.63) is 93.5 Å². The highest BCUT2D eigenvalue weighted by Gasteiger charge is 2.34. The zero-order chi connectivity index (χ0) is 48.5. The average molecular weight is 908 g/mol. The van der Waals surface area contributed by atoms with Gasteiger partial charge in [0.1, 0.15) is 36.0 Å². The first-order valence-corrected chi connectivity index (χ1v) is 20.6. The number of anilines is 1. The van der Waals surface area contributed by atoms with Crippen molar-refractivity contribution in [1.29, 1.82) is 0 Å². The molecular weight excluding hydrogens is 851 g/mol. The highest BCUT2D eigenvalue weighted by molar-refractivity contribution is 5.97. The number of phenolic OH excluding ortho intramolecular Hbond substituents is 2. The van der Waals surface area contributed by atoms with Crippen LogP contribution in [0.1, 0.15) is 63.6 Å². The monoisotopic (exact) mass is 907 g/mol. The Morgan fingerprint density at radius 1 is 0.708 bits per heavy atom. The number of nitro groups is 1. The standard InChI is InChI=1S/C43H57N9O13/c1-22(2)17-32(50-40(60)31(18-25-9-12-28(54)13-10-25)46-21-27-7-5-6-8-29(27)44)42(62)51-37(24(4)53)43(63)47-23(3)39(59)49-33(19-26-11-15-35(55)34(20-26)52(64)65)41(61)48-30(38(45)58)14-16-36(56)57/h5-13,15,20,22-24,30-33,37,46,53-55H,14,16-19,21,44H2,1-4H3,(H2,45,58)(H,47,63)(H,48,61)(H,49,59)(H,50,60)(H,51,62)(H,56,57)/t23-,24+,30-,31-,32-,33-,37-/m0/s1. The molecule has 0 heterocycles. The number of amides is 6. The number of para-hydroxylation sites is 1. The van der Waals surface area contributed by atoms with E-state index in [0.29, 0.717) is 16.8 Å². The third kappa shape index (κ3) is 16.7. The van der Waals surface area contributed by atoms with Gasteiger partial charge < -0.3 is 63.8 Å². The Morgan fingerprint density at radius 2 is 1.28 bits per heavy atom. The molecule has 0 radical (unpaired) electrons. The second-order valence-electron chi connectivity index (χ2n) is 15.9. The Hall–Kier alpha value is -7.33. The maximum atomic E-state index is 13.9. The van der Waals surface area contributed by atoms with E-state index in [1.54, 1.807) is 50.2 Å². The van der Waals surface area contributed by atoms with Gasteiger partial charge in [0.05, 0.1) is 17.1 Å². The Kier molecular flexibility index (Phi) is 19.6. The molecule has 6 amide bonds. The van der Waals surface area contributed by atoms with Crippen LogP contribution < -0.4 is 43.4 Å². The number of carbonyl (C=O) groups excluding carboxylic acids is 6. The summed E-state index contributed by atoms with van der Waals surface area (Å²) in [5.74, 6) is -7.74. The van der Waals surface area contributed by atoms with Crippen LogP contribution in [0.25, 0.3) is 0 Å². The molecule has 7 atom stereocenters. The minimum atomic E-state index is -1.68. The van der Waals surface area contributed by atoms with Gasteiger partial charge in [-0.05, 0) is 80.0 Å². The molecule has 0 aliphatic carbocycles. The van der Waals surface area contributed by atoms with E-state index in [9.17, 15) is 59.0 Å². The number of nitrogens with zero attached hydrogens (tertiary/aromatic N) is 1. The largest absolute Gasteiger partial charge is 0.508 e. The second-order valence-corrected chi connectivity index (χ2v) is 15.9. The smallest absolute Gasteiger partial charge is 0.310 e. The Balaban J connectivity index is 1.80. The number of primary amides is 1. The molecule has 0 bridgehead atoms. The summed E-state index contributed by atoms with van der Waals surface area (Å²) in [6, 6.07) is 8.00. The minimum absolute atomic E-state index is 0.0268. The van der Waals surface area contributed by atoms with Crippen molar-refractivity contribution in [3.8, 4) is 11.5 Å². The molecule has 22 heteroatoms. The van der Waals surface area contributed by atoms with E-state index < -0.39 is 119 Å². The maximum Gasteiger partial charge on any atom is 0.310 e. The van der Waals surface area contributed by atoms with Crippen LogP contribution in [0.4, 0.5) is 11.4 Å². The third-order valence-electron chi connectivity index (χ3n) is 10.1. The van der Waals surface area contributed by atoms with E-state index in [1.807, 2.05) is 0 Å². The van der Waals surface area contributed by atoms with Gasteiger partial charge in [0.25, 0.3) is 0 Å². The molecule has 0 fully saturated rings. The summed E-state index contributed by atoms with van der Waals surface area (Å²) >= 11 is 0. The van der Waals surface area contributed by atoms with E-state index in [2.05, 4.69) is 31.9 Å². The van der Waals surface area contributed by atoms with Gasteiger partial charge in [0.15, 0.2) is 5.75 Å². The molecule has 0 aliphatic heterocycles. The summed E-state index contributed by atoms with van der Waals surface area (Å²) < 4.78 is 0. The molecule has 3 rings (SSSR count). The van der Waals surface area contributed by atoms with E-state index >= 15 is 0 Å². The predicted molar refractivity (Wildman–Crippen MR) is 234 cm³/mol. The van der Waals surface area contributed by atoms with E-state index in [-0.39, 0.29) is 36.6 Å². The lowest BCUT2D eigenvalue weighted by Gasteiger charge is -2.28. The fraction of sp³-hybridized carbons (Fsp3) is 0.419. The zero-order valence-corrected chi connectivity index (χ0v) is 36.3. The second kappa shape index (κ2) is 24.5. The minimum Gasteiger partial charge on any atom is -0.508 e. The molecule has 3 aromatic rings. The van der Waals surface area contributed by atoms with Gasteiger partial charge in [0.2, 0.25) is 35.4 Å². The van der Waals surface area contributed by atoms with Crippen molar-refractivity contribution < 1.29 is 58.9 Å². The number of carboxylic acid groups (broad SMARTS) is 1. The number of hydrogen-bond acceptors (Lipinski definition) is 14. The number of nitro benzene ring substituents is 1. The molecule has 0 unspecified atom stereocenters. The van der Waals surface area contributed by atoms with Crippen molar-refractivity contribution in [3.63, 3.8) is 0 Å². The van der Waals surface area contributed by atoms with Crippen LogP contribution in [-0.4, -0.2) is 109 Å². The number of aliphatic hydroxyl groups excluding tert-OH is 1. The average Bonchev–Trinajstić information content (AvgIpc) is 3.23. The van der Waals surface area contributed by atoms with Gasteiger partial charge in [0, 0.05) is 31.1 Å². The Labute approximate surface area is 374 Å². The SMILES string of the molecule is CC(C)C[C@H](NC(=O)[C@H](Cc1ccc(O)cc1)NCc1ccccc1N)C(=O)N[C@H](C(=O)N[C@@H](C)C(=O)N[C@@H](Cc1ccc(O)c([N+](=O)[O-])c1)C(=O)N[C@@H](CCC(=O)O)C(N)=O)[C@@H](C)O. The lowest BCUT2D eigenvalue weighted by molar-refractivity contribution is -0.385. The van der Waals surface area contributed by atoms with Gasteiger partial charge in [-0.25, -0.2) is 0 Å². The molecule has 0 aliphatic rings. The first kappa shape index (κ1) is 52.0. The number of aliphatic hydroxyl groups is 1. The summed E-state index contributed by atoms with van der Waals surface area (Å²) in [5.41, 5.74) is 12.7. The van der Waals surface area contributed by atoms with Gasteiger partial charge in [-0.3, -0.25) is 43.7 Å². The quantitative estimate of drug-likeness (QED) is 0.0296. The summed E-state index contributed by atoms with van der Waals surface area (Å²) in [7, 11) is 0. The number of aliphatic carboxylic acids is 1. The van der Waals surface area contributed by atoms with Crippen molar-refractivity contribution in [1.82, 2.24) is 31.9 Å². The summed E-state index contributed by atoms with van der Waals surface area (Å²) in [6.45, 7) is 6.20. The molecule has 0 spiro atoms. The van der Waals surface area contributed by atoms with Crippen molar-refractivity contribution in [2.75, 3.05) is 5.73 Å². The van der Waals surface area contributed by atoms with Crippen LogP contribution in [0.3, 0.4) is 0 Å². The fourth-order valence-corrected chi connectivity index (χ4v) is 6.47. The van der Waals surface area contributed by atoms with Crippen LogP contribution in [0.15, 0.2) is 66.7 Å². The van der Waals surface area contributed by atoms with Gasteiger partial charge in [-0.15, -0.1) is 0 Å². The van der Waals surface area contributed by atoms with E-state index in [4.69, 9.17) is 16.6 Å². The van der Waals surface area contributed by atoms with Gasteiger partial charge in [-0.2, -0.15) is 0 Å². The highest BCUT2D eigenvalue weighted by atomic mass is 16.6. The van der Waals surface area contributed by atoms with Crippen LogP contribution in [0, 0.1) is 16.0 Å². The van der Waals surface area contributed by atoms with Crippen LogP contribution in [-0.2, 0) is 52.9 Å². The molecule has 0 saturated carbocycles. The highest BCUT2D eigenvalue weighted by Crippen LogP contribution is 2.27. The zero-order valence-electron chi connectivity index (χ0n) is 36.3. The molecular formula is C43H57N9O13. The van der Waals surface area contributed by atoms with Crippen LogP contribution in [0.2, 0.25) is 0 Å². The molecule has 65 heavy (non-hydrogen) atoms. The van der Waals surface area contributed by atoms with Gasteiger partial charge >= 0.3 is 11.7 Å². The molecule has 22 nitrogen and oxygen atoms in total. The first-order valence-electron chi connectivity index (χ1n) is 20.6. The summed E-state index contributed by atoms with van der Waals surface area (Å²) in [6.07, 6.45) is -2.75. The number of carbonyl (C=O) groups is 7. The Bertz CT molecular complexity index is 2190. The number of rotatable bonds is 25. The number of nitrogens with one attached hydrogen (secondary N) is 6. The predicted octanol–water partition coefficient (Wildman–Crippen LogP) is -0.247. The molecule has 0 saturated heterocycles. The maximum absolute atomic E-state index is 13.9. The number of aromatic hydroxyl groups is 2. The number of phenols is 2. The van der Waals surface area contributed by atoms with Crippen molar-refractivity contribution in [2.24, 2.45) is 11.7 Å². The molecule has 0 aromatic heterocycles. The lowest BCUT2D eigenvalue weighted by atomic mass is 10.00. The van der Waals surface area contributed by atoms with Crippen LogP contribution >= 0.6 is 0 Å². The summed E-state index contributed by atoms with van der Waals surface area (Å²) in [5, 5.41) is 66.3. The fourth-order valence-electron chi connectivity index (χ4n) is 6.47. The summed E-state index contributed by atoms with van der Waals surface area (Å²) in [4.78, 5) is 102. The van der Waals surface area contributed by atoms with Crippen molar-refractivity contribution >= 4 is 52.8 Å². The molecule has 14 N–H and O–H groups in total. The van der Waals surface area contributed by atoms with E-state index in [0.717, 1.165) is 12.1 Å². The Morgan fingerprint density at radius 3 is 1.86 bits per heavy atom. The number of carboxylic acids is 1. The lowest BCUT2D eigenvalue weighted by Crippen LogP contribution is -2.61. The first-order chi connectivity index (χ1) is 30.6. The third-order valence-corrected chi connectivity index (χ3v) is 10.1. The van der Waals surface area contributed by atoms with Crippen LogP contribution in [0.5, 0.6) is 11.5 Å². The topological polar surface area (TPSA) is 368 Å². The number of benzene rings is 3. The number of nitrogens with two attached hydrogens (primary N) is 2. The van der Waals surface area contributed by atoms with Gasteiger partial charge in [-0.1, -0.05) is 50.2 Å². The van der Waals surface area contributed by atoms with E-state index in [1.165, 1.54) is 32.0 Å². The normalized spacial score (nSPS) is 14.3. The molecule has 352 valence electrons. The van der Waals surface area contributed by atoms with Crippen molar-refractivity contribution in [2.45, 2.75) is 109 Å². The number of nitrogen functional groups attached to an aromatic ring is 1. The molecule has 3 aromatic carbocycles. The number of hydrogen-bond donors (Lipinski definition) is 12.